The minimum absolute atomic E-state index is 0.0211. The highest BCUT2D eigenvalue weighted by molar-refractivity contribution is 5.75. The monoisotopic (exact) mass is 382 g/mol. The minimum Gasteiger partial charge on any atom is -0.338 e. The van der Waals surface area contributed by atoms with E-state index >= 15 is 0 Å². The summed E-state index contributed by atoms with van der Waals surface area (Å²) in [4.78, 5) is 8.02. The van der Waals surface area contributed by atoms with Gasteiger partial charge in [0.15, 0.2) is 11.6 Å². The fourth-order valence-corrected chi connectivity index (χ4v) is 1.76. The minimum atomic E-state index is -1.05. The molecule has 0 aliphatic carbocycles. The summed E-state index contributed by atoms with van der Waals surface area (Å²) >= 11 is 0. The highest BCUT2D eigenvalue weighted by Gasteiger charge is 2.16. The maximum absolute atomic E-state index is 13.9. The highest BCUT2D eigenvalue weighted by atomic mass is 19.1. The number of fused-ring (bicyclic) bond motifs is 1. The predicted molar refractivity (Wildman–Crippen MR) is 91.9 cm³/mol. The molecular formula is C16H14F4N6O. The maximum Gasteiger partial charge on any atom is 0.245 e. The number of allylic oxidation sites excluding steroid dienone is 7. The Morgan fingerprint density at radius 3 is 2.00 bits per heavy atom. The molecule has 2 rings (SSSR count). The third-order valence-electron chi connectivity index (χ3n) is 2.94. The first-order chi connectivity index (χ1) is 12.7. The average Bonchev–Trinajstić information content (AvgIpc) is 3.00. The van der Waals surface area contributed by atoms with Crippen molar-refractivity contribution < 1.29 is 22.2 Å². The fraction of sp³-hybridized carbons (Fsp3) is 0.125. The first-order valence-electron chi connectivity index (χ1n) is 7.32. The summed E-state index contributed by atoms with van der Waals surface area (Å²) in [6, 6.07) is 0. The molecule has 0 fully saturated rings. The Hall–Kier alpha value is -3.50. The van der Waals surface area contributed by atoms with E-state index in [2.05, 4.69) is 48.7 Å². The van der Waals surface area contributed by atoms with E-state index in [9.17, 15) is 17.6 Å². The van der Waals surface area contributed by atoms with E-state index in [4.69, 9.17) is 0 Å². The van der Waals surface area contributed by atoms with Crippen LogP contribution in [0.1, 0.15) is 13.8 Å². The summed E-state index contributed by atoms with van der Waals surface area (Å²) in [5.74, 6) is -3.97. The molecule has 2 heterocycles. The lowest BCUT2D eigenvalue weighted by molar-refractivity contribution is 0.314. The molecule has 0 saturated carbocycles. The number of rotatable bonds is 7. The van der Waals surface area contributed by atoms with Gasteiger partial charge in [0.05, 0.1) is 11.5 Å². The smallest absolute Gasteiger partial charge is 0.245 e. The van der Waals surface area contributed by atoms with Gasteiger partial charge in [-0.2, -0.15) is 0 Å². The van der Waals surface area contributed by atoms with Crippen molar-refractivity contribution in [1.29, 1.82) is 0 Å². The Morgan fingerprint density at radius 2 is 1.48 bits per heavy atom. The zero-order chi connectivity index (χ0) is 20.1. The molecule has 0 aliphatic heterocycles. The van der Waals surface area contributed by atoms with Crippen LogP contribution in [-0.2, 0) is 0 Å². The molecule has 0 aromatic carbocycles. The standard InChI is InChI=1S/C16H14F4N6O/c1-7(17)5-11(19)9(3)21-13-14(22-10(4)12(20)6-8(2)18)24-16-15(23-13)25-27-26-16/h5-6H,1,3H2,2,4H3,(H,21,23,25)(H,22,24,26)/b8-6+,11-5+,12-10-. The first kappa shape index (κ1) is 19.8. The van der Waals surface area contributed by atoms with E-state index in [0.29, 0.717) is 12.2 Å². The quantitative estimate of drug-likeness (QED) is 0.527. The van der Waals surface area contributed by atoms with Crippen LogP contribution in [-0.4, -0.2) is 20.3 Å². The van der Waals surface area contributed by atoms with Crippen molar-refractivity contribution in [2.75, 3.05) is 10.6 Å². The van der Waals surface area contributed by atoms with E-state index < -0.39 is 23.3 Å². The Kier molecular flexibility index (Phi) is 6.06. The van der Waals surface area contributed by atoms with E-state index in [1.807, 2.05) is 0 Å². The molecule has 0 unspecified atom stereocenters. The van der Waals surface area contributed by atoms with Gasteiger partial charge in [-0.3, -0.25) is 0 Å². The summed E-state index contributed by atoms with van der Waals surface area (Å²) in [5, 5.41) is 12.0. The van der Waals surface area contributed by atoms with E-state index in [1.165, 1.54) is 6.92 Å². The lowest BCUT2D eigenvalue weighted by Gasteiger charge is -2.13. The van der Waals surface area contributed by atoms with E-state index in [0.717, 1.165) is 6.92 Å². The molecule has 2 aromatic rings. The van der Waals surface area contributed by atoms with Crippen LogP contribution in [0.4, 0.5) is 29.2 Å². The van der Waals surface area contributed by atoms with Gasteiger partial charge >= 0.3 is 0 Å². The van der Waals surface area contributed by atoms with Crippen LogP contribution in [0, 0.1) is 0 Å². The Morgan fingerprint density at radius 1 is 0.926 bits per heavy atom. The number of hydrogen-bond acceptors (Lipinski definition) is 7. The van der Waals surface area contributed by atoms with E-state index in [-0.39, 0.29) is 34.3 Å². The van der Waals surface area contributed by atoms with Gasteiger partial charge in [-0.05, 0) is 24.2 Å². The Labute approximate surface area is 150 Å². The largest absolute Gasteiger partial charge is 0.338 e. The van der Waals surface area contributed by atoms with Crippen molar-refractivity contribution in [3.63, 3.8) is 0 Å². The fourth-order valence-electron chi connectivity index (χ4n) is 1.76. The first-order valence-corrected chi connectivity index (χ1v) is 7.32. The molecule has 7 nitrogen and oxygen atoms in total. The molecular weight excluding hydrogens is 368 g/mol. The van der Waals surface area contributed by atoms with Gasteiger partial charge in [-0.1, -0.05) is 13.2 Å². The molecule has 2 aromatic heterocycles. The SMILES string of the molecule is C=C(F)/C=C(/F)C(=C)Nc1nc2nonc2nc1N/C(C)=C(F)/C=C(\C)F. The molecule has 0 aliphatic rings. The molecule has 2 N–H and O–H groups in total. The van der Waals surface area contributed by atoms with Gasteiger partial charge in [0, 0.05) is 17.8 Å². The van der Waals surface area contributed by atoms with Crippen molar-refractivity contribution in [3.8, 4) is 0 Å². The molecule has 0 saturated heterocycles. The van der Waals surface area contributed by atoms with Crippen LogP contribution >= 0.6 is 0 Å². The molecule has 142 valence electrons. The molecule has 27 heavy (non-hydrogen) atoms. The Balaban J connectivity index is 2.43. The third-order valence-corrected chi connectivity index (χ3v) is 2.94. The summed E-state index contributed by atoms with van der Waals surface area (Å²) in [6.07, 6.45) is 1.17. The molecule has 0 atom stereocenters. The highest BCUT2D eigenvalue weighted by Crippen LogP contribution is 2.25. The van der Waals surface area contributed by atoms with Gasteiger partial charge in [-0.15, -0.1) is 0 Å². The second kappa shape index (κ2) is 8.25. The van der Waals surface area contributed by atoms with Crippen molar-refractivity contribution in [3.05, 3.63) is 60.0 Å². The van der Waals surface area contributed by atoms with Crippen molar-refractivity contribution in [1.82, 2.24) is 20.3 Å². The number of halogens is 4. The average molecular weight is 382 g/mol. The number of anilines is 2. The van der Waals surface area contributed by atoms with Gasteiger partial charge in [0.1, 0.15) is 17.5 Å². The van der Waals surface area contributed by atoms with Gasteiger partial charge in [0.25, 0.3) is 0 Å². The lowest BCUT2D eigenvalue weighted by Crippen LogP contribution is -2.09. The molecule has 0 amide bonds. The summed E-state index contributed by atoms with van der Waals surface area (Å²) in [6.45, 7) is 8.70. The van der Waals surface area contributed by atoms with Crippen LogP contribution < -0.4 is 10.6 Å². The molecule has 0 radical (unpaired) electrons. The topological polar surface area (TPSA) is 88.8 Å². The predicted octanol–water partition coefficient (Wildman–Crippen LogP) is 4.76. The van der Waals surface area contributed by atoms with Crippen LogP contribution in [0.2, 0.25) is 0 Å². The summed E-state index contributed by atoms with van der Waals surface area (Å²) < 4.78 is 57.8. The van der Waals surface area contributed by atoms with Crippen LogP contribution in [0.15, 0.2) is 64.6 Å². The number of hydrogen-bond donors (Lipinski definition) is 2. The van der Waals surface area contributed by atoms with Gasteiger partial charge < -0.3 is 10.6 Å². The zero-order valence-electron chi connectivity index (χ0n) is 14.3. The molecule has 0 spiro atoms. The number of nitrogens with zero attached hydrogens (tertiary/aromatic N) is 4. The van der Waals surface area contributed by atoms with Crippen LogP contribution in [0.3, 0.4) is 0 Å². The van der Waals surface area contributed by atoms with Crippen LogP contribution in [0.5, 0.6) is 0 Å². The number of aromatic nitrogens is 4. The van der Waals surface area contributed by atoms with Gasteiger partial charge in [-0.25, -0.2) is 32.2 Å². The van der Waals surface area contributed by atoms with Gasteiger partial charge in [0.2, 0.25) is 11.3 Å². The molecule has 0 bridgehead atoms. The molecule has 11 heteroatoms. The van der Waals surface area contributed by atoms with Crippen molar-refractivity contribution in [2.45, 2.75) is 13.8 Å². The summed E-state index contributed by atoms with van der Waals surface area (Å²) in [5.41, 5.74) is -0.536. The van der Waals surface area contributed by atoms with E-state index in [1.54, 1.807) is 0 Å². The maximum atomic E-state index is 13.9. The van der Waals surface area contributed by atoms with Crippen molar-refractivity contribution >= 4 is 22.9 Å². The lowest BCUT2D eigenvalue weighted by atomic mass is 10.3. The summed E-state index contributed by atoms with van der Waals surface area (Å²) in [7, 11) is 0. The third kappa shape index (κ3) is 5.23. The Bertz CT molecular complexity index is 988. The van der Waals surface area contributed by atoms with Crippen molar-refractivity contribution in [2.24, 2.45) is 0 Å². The number of nitrogens with one attached hydrogen (secondary N) is 2. The zero-order valence-corrected chi connectivity index (χ0v) is 14.3. The van der Waals surface area contributed by atoms with Crippen LogP contribution in [0.25, 0.3) is 11.3 Å². The second-order valence-electron chi connectivity index (χ2n) is 5.20. The normalized spacial score (nSPS) is 13.4. The second-order valence-corrected chi connectivity index (χ2v) is 5.20.